The highest BCUT2D eigenvalue weighted by molar-refractivity contribution is 6.02. The van der Waals surface area contributed by atoms with E-state index < -0.39 is 6.10 Å². The number of rotatable bonds is 2. The van der Waals surface area contributed by atoms with Crippen LogP contribution in [0.25, 0.3) is 0 Å². The van der Waals surface area contributed by atoms with E-state index in [1.807, 2.05) is 6.92 Å². The predicted molar refractivity (Wildman–Crippen MR) is 82.9 cm³/mol. The van der Waals surface area contributed by atoms with Crippen molar-refractivity contribution in [1.82, 2.24) is 0 Å². The van der Waals surface area contributed by atoms with E-state index in [9.17, 15) is 14.7 Å². The Bertz CT molecular complexity index is 777. The zero-order valence-electron chi connectivity index (χ0n) is 12.8. The van der Waals surface area contributed by atoms with Crippen LogP contribution in [0.15, 0.2) is 36.4 Å². The fourth-order valence-electron chi connectivity index (χ4n) is 2.68. The van der Waals surface area contributed by atoms with Crippen LogP contribution >= 0.6 is 0 Å². The number of phenols is 1. The summed E-state index contributed by atoms with van der Waals surface area (Å²) in [6, 6.07) is 10.1. The Morgan fingerprint density at radius 1 is 1.26 bits per heavy atom. The molecule has 1 aliphatic heterocycles. The molecule has 0 bridgehead atoms. The van der Waals surface area contributed by atoms with E-state index in [0.717, 1.165) is 11.1 Å². The number of ether oxygens (including phenoxy) is 2. The van der Waals surface area contributed by atoms with Crippen LogP contribution in [0.3, 0.4) is 0 Å². The first-order valence-electron chi connectivity index (χ1n) is 7.26. The van der Waals surface area contributed by atoms with Gasteiger partial charge in [-0.2, -0.15) is 0 Å². The molecular formula is C18H16O5. The molecule has 0 amide bonds. The number of aromatic hydroxyl groups is 1. The van der Waals surface area contributed by atoms with E-state index in [-0.39, 0.29) is 29.5 Å². The number of esters is 1. The molecule has 0 saturated heterocycles. The number of ketones is 1. The highest BCUT2D eigenvalue weighted by atomic mass is 16.5. The number of fused-ring (bicyclic) bond motifs is 1. The summed E-state index contributed by atoms with van der Waals surface area (Å²) in [4.78, 5) is 23.2. The SMILES string of the molecule is CC(=O)Oc1ccc(C2CC(=O)c3c(O)cc(C)cc3O2)cc1. The molecule has 0 radical (unpaired) electrons. The van der Waals surface area contributed by atoms with Gasteiger partial charge in [-0.1, -0.05) is 12.1 Å². The molecule has 118 valence electrons. The van der Waals surface area contributed by atoms with E-state index in [2.05, 4.69) is 0 Å². The molecule has 1 aliphatic rings. The van der Waals surface area contributed by atoms with Crippen molar-refractivity contribution in [2.24, 2.45) is 0 Å². The fourth-order valence-corrected chi connectivity index (χ4v) is 2.68. The first kappa shape index (κ1) is 15.1. The van der Waals surface area contributed by atoms with Gasteiger partial charge in [0.1, 0.15) is 28.9 Å². The second-order valence-corrected chi connectivity index (χ2v) is 5.55. The zero-order chi connectivity index (χ0) is 16.6. The van der Waals surface area contributed by atoms with E-state index in [0.29, 0.717) is 11.5 Å². The second kappa shape index (κ2) is 5.76. The highest BCUT2D eigenvalue weighted by Gasteiger charge is 2.30. The summed E-state index contributed by atoms with van der Waals surface area (Å²) in [6.07, 6.45) is -0.279. The average Bonchev–Trinajstić information content (AvgIpc) is 2.46. The molecule has 0 spiro atoms. The van der Waals surface area contributed by atoms with Crippen LogP contribution in [-0.2, 0) is 4.79 Å². The summed E-state index contributed by atoms with van der Waals surface area (Å²) in [5.74, 6) is 0.248. The van der Waals surface area contributed by atoms with E-state index in [4.69, 9.17) is 9.47 Å². The zero-order valence-corrected chi connectivity index (χ0v) is 12.8. The van der Waals surface area contributed by atoms with Gasteiger partial charge in [0.05, 0.1) is 6.42 Å². The van der Waals surface area contributed by atoms with Crippen molar-refractivity contribution in [1.29, 1.82) is 0 Å². The summed E-state index contributed by atoms with van der Waals surface area (Å²) in [5.41, 5.74) is 1.86. The number of hydrogen-bond donors (Lipinski definition) is 1. The molecule has 5 heteroatoms. The molecule has 3 rings (SSSR count). The van der Waals surface area contributed by atoms with Crippen molar-refractivity contribution < 1.29 is 24.2 Å². The van der Waals surface area contributed by atoms with Crippen molar-refractivity contribution in [3.63, 3.8) is 0 Å². The third kappa shape index (κ3) is 3.04. The lowest BCUT2D eigenvalue weighted by Crippen LogP contribution is -2.20. The predicted octanol–water partition coefficient (Wildman–Crippen LogP) is 3.33. The van der Waals surface area contributed by atoms with Crippen molar-refractivity contribution in [3.8, 4) is 17.2 Å². The normalized spacial score (nSPS) is 16.4. The molecule has 23 heavy (non-hydrogen) atoms. The molecule has 2 aromatic carbocycles. The quantitative estimate of drug-likeness (QED) is 0.680. The van der Waals surface area contributed by atoms with Crippen molar-refractivity contribution in [2.75, 3.05) is 0 Å². The van der Waals surface area contributed by atoms with Crippen LogP contribution in [0.2, 0.25) is 0 Å². The van der Waals surface area contributed by atoms with Gasteiger partial charge >= 0.3 is 5.97 Å². The lowest BCUT2D eigenvalue weighted by Gasteiger charge is -2.26. The maximum Gasteiger partial charge on any atom is 0.308 e. The summed E-state index contributed by atoms with van der Waals surface area (Å²) >= 11 is 0. The van der Waals surface area contributed by atoms with Gasteiger partial charge in [0.2, 0.25) is 0 Å². The summed E-state index contributed by atoms with van der Waals surface area (Å²) in [5, 5.41) is 9.94. The Morgan fingerprint density at radius 3 is 2.61 bits per heavy atom. The Hall–Kier alpha value is -2.82. The standard InChI is InChI=1S/C18H16O5/c1-10-7-14(20)18-15(21)9-16(23-17(18)8-10)12-3-5-13(6-4-12)22-11(2)19/h3-8,16,20H,9H2,1-2H3. The van der Waals surface area contributed by atoms with E-state index in [1.54, 1.807) is 36.4 Å². The molecule has 0 aromatic heterocycles. The second-order valence-electron chi connectivity index (χ2n) is 5.55. The van der Waals surface area contributed by atoms with Crippen LogP contribution in [0.1, 0.15) is 40.9 Å². The molecule has 1 unspecified atom stereocenters. The molecule has 2 aromatic rings. The van der Waals surface area contributed by atoms with Gasteiger partial charge in [0, 0.05) is 6.92 Å². The van der Waals surface area contributed by atoms with Gasteiger partial charge < -0.3 is 14.6 Å². The van der Waals surface area contributed by atoms with E-state index >= 15 is 0 Å². The third-order valence-electron chi connectivity index (χ3n) is 3.66. The van der Waals surface area contributed by atoms with Crippen molar-refractivity contribution in [2.45, 2.75) is 26.4 Å². The number of phenolic OH excluding ortho intramolecular Hbond substituents is 1. The minimum Gasteiger partial charge on any atom is -0.507 e. The lowest BCUT2D eigenvalue weighted by atomic mass is 9.95. The summed E-state index contributed by atoms with van der Waals surface area (Å²) in [7, 11) is 0. The van der Waals surface area contributed by atoms with Crippen LogP contribution in [0.4, 0.5) is 0 Å². The minimum atomic E-state index is -0.428. The molecule has 1 N–H and O–H groups in total. The maximum absolute atomic E-state index is 12.3. The number of aryl methyl sites for hydroxylation is 1. The maximum atomic E-state index is 12.3. The number of carbonyl (C=O) groups is 2. The Kier molecular flexibility index (Phi) is 3.78. The van der Waals surface area contributed by atoms with Gasteiger partial charge in [-0.15, -0.1) is 0 Å². The third-order valence-corrected chi connectivity index (χ3v) is 3.66. The monoisotopic (exact) mass is 312 g/mol. The molecule has 5 nitrogen and oxygen atoms in total. The molecule has 0 saturated carbocycles. The number of carbonyl (C=O) groups excluding carboxylic acids is 2. The molecule has 1 atom stereocenters. The van der Waals surface area contributed by atoms with Crippen LogP contribution in [-0.4, -0.2) is 16.9 Å². The average molecular weight is 312 g/mol. The molecule has 0 aliphatic carbocycles. The van der Waals surface area contributed by atoms with Gasteiger partial charge in [-0.25, -0.2) is 0 Å². The Morgan fingerprint density at radius 2 is 1.96 bits per heavy atom. The summed E-state index contributed by atoms with van der Waals surface area (Å²) in [6.45, 7) is 3.16. The van der Waals surface area contributed by atoms with Crippen molar-refractivity contribution >= 4 is 11.8 Å². The highest BCUT2D eigenvalue weighted by Crippen LogP contribution is 2.40. The summed E-state index contributed by atoms with van der Waals surface area (Å²) < 4.78 is 10.9. The molecule has 0 fully saturated rings. The number of hydrogen-bond acceptors (Lipinski definition) is 5. The molecule has 1 heterocycles. The largest absolute Gasteiger partial charge is 0.507 e. The smallest absolute Gasteiger partial charge is 0.308 e. The fraction of sp³-hybridized carbons (Fsp3) is 0.222. The Balaban J connectivity index is 1.88. The van der Waals surface area contributed by atoms with E-state index in [1.165, 1.54) is 6.92 Å². The van der Waals surface area contributed by atoms with Crippen LogP contribution in [0, 0.1) is 6.92 Å². The number of Topliss-reactive ketones (excluding diaryl/α,β-unsaturated/α-hetero) is 1. The van der Waals surface area contributed by atoms with Gasteiger partial charge in [-0.3, -0.25) is 9.59 Å². The number of benzene rings is 2. The van der Waals surface area contributed by atoms with Crippen LogP contribution in [0.5, 0.6) is 17.2 Å². The Labute approximate surface area is 133 Å². The first-order valence-corrected chi connectivity index (χ1v) is 7.26. The van der Waals surface area contributed by atoms with Crippen LogP contribution < -0.4 is 9.47 Å². The van der Waals surface area contributed by atoms with Crippen molar-refractivity contribution in [3.05, 3.63) is 53.1 Å². The van der Waals surface area contributed by atoms with Gasteiger partial charge in [0.25, 0.3) is 0 Å². The lowest BCUT2D eigenvalue weighted by molar-refractivity contribution is -0.131. The topological polar surface area (TPSA) is 72.8 Å². The molecular weight excluding hydrogens is 296 g/mol. The van der Waals surface area contributed by atoms with Gasteiger partial charge in [-0.05, 0) is 42.3 Å². The first-order chi connectivity index (χ1) is 10.9. The minimum absolute atomic E-state index is 0.0475. The van der Waals surface area contributed by atoms with Gasteiger partial charge in [0.15, 0.2) is 5.78 Å².